The average molecular weight is 351 g/mol. The lowest BCUT2D eigenvalue weighted by Crippen LogP contribution is -1.98. The first-order valence-corrected chi connectivity index (χ1v) is 8.41. The quantitative estimate of drug-likeness (QED) is 0.361. The minimum absolute atomic E-state index is 0.598. The molecule has 0 saturated heterocycles. The summed E-state index contributed by atoms with van der Waals surface area (Å²) < 4.78 is 0. The molecule has 0 unspecified atom stereocenters. The first kappa shape index (κ1) is 13.1. The normalized spacial score (nSPS) is 12.4. The van der Waals surface area contributed by atoms with Crippen LogP contribution in [0.5, 0.6) is 0 Å². The fourth-order valence-electron chi connectivity index (χ4n) is 3.64. The summed E-state index contributed by atoms with van der Waals surface area (Å²) in [7, 11) is 0. The molecule has 1 aromatic carbocycles. The van der Waals surface area contributed by atoms with Crippen molar-refractivity contribution in [3.05, 3.63) is 36.8 Å². The van der Waals surface area contributed by atoms with E-state index in [1.54, 1.807) is 12.4 Å². The van der Waals surface area contributed by atoms with Gasteiger partial charge in [-0.15, -0.1) is 0 Å². The number of hydrogen-bond donors (Lipinski definition) is 3. The van der Waals surface area contributed by atoms with Gasteiger partial charge in [-0.05, 0) is 18.2 Å². The van der Waals surface area contributed by atoms with Crippen molar-refractivity contribution in [2.24, 2.45) is 0 Å². The third-order valence-corrected chi connectivity index (χ3v) is 4.87. The largest absolute Gasteiger partial charge is 0.349 e. The minimum atomic E-state index is 0.598. The van der Waals surface area contributed by atoms with Crippen molar-refractivity contribution in [1.82, 2.24) is 44.9 Å². The Hall–Kier alpha value is -4.14. The summed E-state index contributed by atoms with van der Waals surface area (Å²) in [6.07, 6.45) is 5.28. The molecule has 6 aromatic heterocycles. The van der Waals surface area contributed by atoms with Crippen molar-refractivity contribution in [2.75, 3.05) is 0 Å². The average Bonchev–Trinajstić information content (AvgIpc) is 3.43. The van der Waals surface area contributed by atoms with Crippen LogP contribution in [0.15, 0.2) is 36.8 Å². The van der Waals surface area contributed by atoms with E-state index in [-0.39, 0.29) is 0 Å². The van der Waals surface area contributed by atoms with E-state index in [0.717, 1.165) is 38.7 Å². The van der Waals surface area contributed by atoms with Gasteiger partial charge in [-0.1, -0.05) is 0 Å². The molecule has 0 aliphatic heterocycles. The third-order valence-electron chi connectivity index (χ3n) is 4.87. The number of H-pyrrole nitrogens is 3. The smallest absolute Gasteiger partial charge is 0.178 e. The van der Waals surface area contributed by atoms with E-state index in [1.807, 2.05) is 24.4 Å². The van der Waals surface area contributed by atoms with Crippen LogP contribution in [-0.4, -0.2) is 44.9 Å². The van der Waals surface area contributed by atoms with Gasteiger partial charge in [0.15, 0.2) is 16.9 Å². The Morgan fingerprint density at radius 3 is 2.37 bits per heavy atom. The van der Waals surface area contributed by atoms with Gasteiger partial charge in [0.1, 0.15) is 27.6 Å². The van der Waals surface area contributed by atoms with Crippen LogP contribution in [-0.2, 0) is 0 Å². The molecule has 0 aliphatic carbocycles. The second-order valence-corrected chi connectivity index (χ2v) is 6.42. The van der Waals surface area contributed by atoms with E-state index in [4.69, 9.17) is 19.9 Å². The van der Waals surface area contributed by atoms with Crippen LogP contribution in [0, 0.1) is 0 Å². The Balaban J connectivity index is 1.87. The van der Waals surface area contributed by atoms with E-state index < -0.39 is 0 Å². The van der Waals surface area contributed by atoms with E-state index in [0.29, 0.717) is 27.8 Å². The Bertz CT molecular complexity index is 1340. The summed E-state index contributed by atoms with van der Waals surface area (Å²) in [6, 6.07) is 5.68. The standard InChI is InChI=1S/C18H9N9/c1-4-19-16-7(1)22-10-11-14(26-17-8(23-11)2-5-20-17)15-12(13(10)25-16)24-9-3-6-21-18(9)27-15/h1-6,21-22,24H. The van der Waals surface area contributed by atoms with Gasteiger partial charge < -0.3 is 15.0 Å². The molecule has 0 aliphatic rings. The maximum absolute atomic E-state index is 4.79. The van der Waals surface area contributed by atoms with Crippen LogP contribution < -0.4 is 0 Å². The highest BCUT2D eigenvalue weighted by Crippen LogP contribution is 2.32. The van der Waals surface area contributed by atoms with Crippen molar-refractivity contribution >= 4 is 66.6 Å². The van der Waals surface area contributed by atoms with Crippen molar-refractivity contribution in [2.45, 2.75) is 0 Å². The Kier molecular flexibility index (Phi) is 2.10. The molecule has 9 nitrogen and oxygen atoms in total. The molecule has 6 heterocycles. The van der Waals surface area contributed by atoms with E-state index in [1.165, 1.54) is 0 Å². The zero-order valence-electron chi connectivity index (χ0n) is 13.6. The summed E-state index contributed by atoms with van der Waals surface area (Å²) in [6.45, 7) is 0. The van der Waals surface area contributed by atoms with Gasteiger partial charge >= 0.3 is 0 Å². The second kappa shape index (κ2) is 4.33. The molecule has 0 amide bonds. The lowest BCUT2D eigenvalue weighted by molar-refractivity contribution is 1.30. The van der Waals surface area contributed by atoms with Crippen LogP contribution >= 0.6 is 0 Å². The lowest BCUT2D eigenvalue weighted by Gasteiger charge is -2.08. The number of nitrogens with zero attached hydrogens (tertiary/aromatic N) is 6. The van der Waals surface area contributed by atoms with Crippen LogP contribution in [0.3, 0.4) is 0 Å². The van der Waals surface area contributed by atoms with E-state index in [2.05, 4.69) is 24.9 Å². The number of aromatic amines is 3. The summed E-state index contributed by atoms with van der Waals surface area (Å²) in [5.74, 6) is 0. The Morgan fingerprint density at radius 2 is 1.41 bits per heavy atom. The highest BCUT2D eigenvalue weighted by Gasteiger charge is 2.18. The van der Waals surface area contributed by atoms with Crippen LogP contribution in [0.4, 0.5) is 0 Å². The lowest BCUT2D eigenvalue weighted by atomic mass is 10.2. The van der Waals surface area contributed by atoms with Gasteiger partial charge in [0.05, 0.1) is 22.1 Å². The fourth-order valence-corrected chi connectivity index (χ4v) is 3.64. The summed E-state index contributed by atoms with van der Waals surface area (Å²) in [5.41, 5.74) is 8.85. The number of benzene rings is 1. The molecule has 0 bridgehead atoms. The molecule has 27 heavy (non-hydrogen) atoms. The molecule has 3 N–H and O–H groups in total. The molecule has 0 radical (unpaired) electrons. The van der Waals surface area contributed by atoms with Crippen molar-refractivity contribution in [1.29, 1.82) is 0 Å². The Labute approximate surface area is 148 Å². The van der Waals surface area contributed by atoms with Crippen molar-refractivity contribution < 1.29 is 0 Å². The Morgan fingerprint density at radius 1 is 0.630 bits per heavy atom. The highest BCUT2D eigenvalue weighted by atomic mass is 15.0. The van der Waals surface area contributed by atoms with E-state index >= 15 is 0 Å². The topological polar surface area (TPSA) is 125 Å². The van der Waals surface area contributed by atoms with Crippen molar-refractivity contribution in [3.63, 3.8) is 0 Å². The number of nitrogens with one attached hydrogen (secondary N) is 3. The number of aromatic nitrogens is 9. The molecule has 0 saturated carbocycles. The predicted molar refractivity (Wildman–Crippen MR) is 101 cm³/mol. The molecule has 0 fully saturated rings. The van der Waals surface area contributed by atoms with Gasteiger partial charge in [-0.2, -0.15) is 0 Å². The van der Waals surface area contributed by atoms with Gasteiger partial charge in [-0.3, -0.25) is 0 Å². The minimum Gasteiger partial charge on any atom is -0.349 e. The summed E-state index contributed by atoms with van der Waals surface area (Å²) in [4.78, 5) is 37.7. The fraction of sp³-hybridized carbons (Fsp3) is 0. The molecule has 0 atom stereocenters. The van der Waals surface area contributed by atoms with Crippen LogP contribution in [0.1, 0.15) is 0 Å². The molecule has 126 valence electrons. The monoisotopic (exact) mass is 351 g/mol. The zero-order chi connectivity index (χ0) is 17.5. The maximum Gasteiger partial charge on any atom is 0.178 e. The van der Waals surface area contributed by atoms with Gasteiger partial charge in [0.25, 0.3) is 0 Å². The second-order valence-electron chi connectivity index (χ2n) is 6.42. The molecule has 7 aromatic rings. The molecule has 7 rings (SSSR count). The van der Waals surface area contributed by atoms with Gasteiger partial charge in [-0.25, -0.2) is 29.9 Å². The van der Waals surface area contributed by atoms with Crippen molar-refractivity contribution in [3.8, 4) is 0 Å². The molecule has 9 heteroatoms. The SMILES string of the molecule is c1cc2nc3c(nc2n1)c1nc2[nH]ccc2[nH]c1c1nc2nccc2[nH]c31. The summed E-state index contributed by atoms with van der Waals surface area (Å²) >= 11 is 0. The number of fused-ring (bicyclic) bond motifs is 9. The molecular weight excluding hydrogens is 342 g/mol. The first-order valence-electron chi connectivity index (χ1n) is 8.41. The van der Waals surface area contributed by atoms with Crippen LogP contribution in [0.25, 0.3) is 66.6 Å². The highest BCUT2D eigenvalue weighted by molar-refractivity contribution is 6.20. The number of hydrogen-bond acceptors (Lipinski definition) is 6. The molecule has 0 spiro atoms. The van der Waals surface area contributed by atoms with Gasteiger partial charge in [0.2, 0.25) is 0 Å². The van der Waals surface area contributed by atoms with E-state index in [9.17, 15) is 0 Å². The third kappa shape index (κ3) is 1.58. The van der Waals surface area contributed by atoms with Crippen LogP contribution in [0.2, 0.25) is 0 Å². The first-order chi connectivity index (χ1) is 13.3. The molecular formula is C18H9N9. The zero-order valence-corrected chi connectivity index (χ0v) is 13.6. The summed E-state index contributed by atoms with van der Waals surface area (Å²) in [5, 5.41) is 0. The predicted octanol–water partition coefficient (Wildman–Crippen LogP) is 2.96. The number of rotatable bonds is 0. The van der Waals surface area contributed by atoms with Gasteiger partial charge in [0, 0.05) is 18.6 Å². The maximum atomic E-state index is 4.79.